The van der Waals surface area contributed by atoms with Crippen molar-refractivity contribution in [2.75, 3.05) is 11.9 Å². The zero-order chi connectivity index (χ0) is 12.3. The molecule has 0 radical (unpaired) electrons. The van der Waals surface area contributed by atoms with Crippen LogP contribution in [0.2, 0.25) is 0 Å². The Morgan fingerprint density at radius 3 is 2.71 bits per heavy atom. The van der Waals surface area contributed by atoms with Crippen LogP contribution >= 0.6 is 0 Å². The summed E-state index contributed by atoms with van der Waals surface area (Å²) in [6.45, 7) is 2.76. The van der Waals surface area contributed by atoms with E-state index >= 15 is 0 Å². The fraction of sp³-hybridized carbons (Fsp3) is 0.500. The first-order valence-electron chi connectivity index (χ1n) is 5.44. The number of aryl methyl sites for hydroxylation is 1. The fourth-order valence-corrected chi connectivity index (χ4v) is 2.30. The third-order valence-electron chi connectivity index (χ3n) is 3.29. The Bertz CT molecular complexity index is 736. The molecular formula is C10H13N5O2. The van der Waals surface area contributed by atoms with Gasteiger partial charge in [-0.05, 0) is 6.92 Å². The maximum atomic E-state index is 12.1. The second-order valence-corrected chi connectivity index (χ2v) is 4.41. The first kappa shape index (κ1) is 10.1. The maximum absolute atomic E-state index is 12.1. The molecule has 0 spiro atoms. The number of rotatable bonds is 0. The van der Waals surface area contributed by atoms with Gasteiger partial charge in [-0.2, -0.15) is 4.98 Å². The van der Waals surface area contributed by atoms with Crippen molar-refractivity contribution in [3.05, 3.63) is 20.8 Å². The van der Waals surface area contributed by atoms with Crippen molar-refractivity contribution in [1.82, 2.24) is 18.7 Å². The summed E-state index contributed by atoms with van der Waals surface area (Å²) in [7, 11) is 3.11. The van der Waals surface area contributed by atoms with Crippen molar-refractivity contribution in [3.63, 3.8) is 0 Å². The number of hydrogen-bond donors (Lipinski definition) is 1. The van der Waals surface area contributed by atoms with Crippen molar-refractivity contribution in [3.8, 4) is 0 Å². The van der Waals surface area contributed by atoms with E-state index in [0.29, 0.717) is 17.1 Å². The van der Waals surface area contributed by atoms with Crippen molar-refractivity contribution in [2.45, 2.75) is 13.0 Å². The number of imidazole rings is 1. The summed E-state index contributed by atoms with van der Waals surface area (Å²) in [5.41, 5.74) is 0.276. The Balaban J connectivity index is 2.60. The van der Waals surface area contributed by atoms with Gasteiger partial charge < -0.3 is 5.32 Å². The molecule has 17 heavy (non-hydrogen) atoms. The second kappa shape index (κ2) is 2.99. The van der Waals surface area contributed by atoms with Gasteiger partial charge in [-0.25, -0.2) is 4.79 Å². The van der Waals surface area contributed by atoms with Crippen LogP contribution in [0.15, 0.2) is 9.59 Å². The third kappa shape index (κ3) is 1.08. The van der Waals surface area contributed by atoms with E-state index in [-0.39, 0.29) is 17.3 Å². The van der Waals surface area contributed by atoms with E-state index in [0.717, 1.165) is 11.1 Å². The van der Waals surface area contributed by atoms with E-state index in [1.54, 1.807) is 7.05 Å². The molecule has 1 aliphatic rings. The lowest BCUT2D eigenvalue weighted by Crippen LogP contribution is -2.37. The first-order valence-corrected chi connectivity index (χ1v) is 5.44. The SMILES string of the molecule is C[C@H]1CNc2nc3c(c(=O)n(C)c(=O)n3C)n21. The summed E-state index contributed by atoms with van der Waals surface area (Å²) in [5, 5.41) is 3.12. The van der Waals surface area contributed by atoms with Crippen LogP contribution in [0.3, 0.4) is 0 Å². The number of hydrogen-bond acceptors (Lipinski definition) is 4. The molecule has 1 N–H and O–H groups in total. The topological polar surface area (TPSA) is 73.8 Å². The van der Waals surface area contributed by atoms with Crippen LogP contribution in [-0.2, 0) is 14.1 Å². The molecule has 3 rings (SSSR count). The highest BCUT2D eigenvalue weighted by molar-refractivity contribution is 5.75. The summed E-state index contributed by atoms with van der Waals surface area (Å²) in [4.78, 5) is 28.2. The summed E-state index contributed by atoms with van der Waals surface area (Å²) in [6, 6.07) is 0.167. The van der Waals surface area contributed by atoms with Gasteiger partial charge in [-0.15, -0.1) is 0 Å². The van der Waals surface area contributed by atoms with E-state index in [1.165, 1.54) is 11.6 Å². The monoisotopic (exact) mass is 235 g/mol. The highest BCUT2D eigenvalue weighted by Crippen LogP contribution is 2.26. The molecular weight excluding hydrogens is 222 g/mol. The van der Waals surface area contributed by atoms with Crippen LogP contribution in [-0.4, -0.2) is 25.2 Å². The Hall–Kier alpha value is -2.05. The van der Waals surface area contributed by atoms with Crippen molar-refractivity contribution in [2.24, 2.45) is 14.1 Å². The smallest absolute Gasteiger partial charge is 0.332 e. The molecule has 2 aromatic rings. The molecule has 7 heteroatoms. The Morgan fingerprint density at radius 2 is 2.00 bits per heavy atom. The highest BCUT2D eigenvalue weighted by Gasteiger charge is 2.26. The molecule has 0 fully saturated rings. The van der Waals surface area contributed by atoms with Crippen molar-refractivity contribution in [1.29, 1.82) is 0 Å². The molecule has 7 nitrogen and oxygen atoms in total. The Morgan fingerprint density at radius 1 is 1.29 bits per heavy atom. The van der Waals surface area contributed by atoms with Gasteiger partial charge in [0, 0.05) is 20.6 Å². The molecule has 0 unspecified atom stereocenters. The standard InChI is InChI=1S/C10H13N5O2/c1-5-4-11-9-12-7-6(15(5)9)8(16)14(3)10(17)13(7)2/h5H,4H2,1-3H3,(H,11,12)/t5-/m0/s1. The average Bonchev–Trinajstić information content (AvgIpc) is 2.84. The van der Waals surface area contributed by atoms with E-state index in [2.05, 4.69) is 10.3 Å². The molecule has 1 aliphatic heterocycles. The first-order chi connectivity index (χ1) is 8.02. The van der Waals surface area contributed by atoms with Gasteiger partial charge in [0.15, 0.2) is 11.2 Å². The molecule has 0 aromatic carbocycles. The van der Waals surface area contributed by atoms with Crippen LogP contribution in [0.1, 0.15) is 13.0 Å². The lowest BCUT2D eigenvalue weighted by atomic mass is 10.3. The van der Waals surface area contributed by atoms with E-state index < -0.39 is 0 Å². The maximum Gasteiger partial charge on any atom is 0.332 e. The predicted molar refractivity (Wildman–Crippen MR) is 63.4 cm³/mol. The van der Waals surface area contributed by atoms with Crippen LogP contribution in [0, 0.1) is 0 Å². The van der Waals surface area contributed by atoms with Gasteiger partial charge in [-0.1, -0.05) is 0 Å². The minimum absolute atomic E-state index is 0.167. The lowest BCUT2D eigenvalue weighted by Gasteiger charge is -2.07. The summed E-state index contributed by atoms with van der Waals surface area (Å²) in [5.74, 6) is 0.658. The molecule has 0 aliphatic carbocycles. The lowest BCUT2D eigenvalue weighted by molar-refractivity contribution is 0.637. The predicted octanol–water partition coefficient (Wildman–Crippen LogP) is -0.580. The number of anilines is 1. The van der Waals surface area contributed by atoms with Crippen LogP contribution < -0.4 is 16.6 Å². The Kier molecular flexibility index (Phi) is 1.78. The molecule has 2 aromatic heterocycles. The van der Waals surface area contributed by atoms with Gasteiger partial charge in [0.05, 0.1) is 6.04 Å². The van der Waals surface area contributed by atoms with Gasteiger partial charge in [0.1, 0.15) is 0 Å². The van der Waals surface area contributed by atoms with Gasteiger partial charge >= 0.3 is 5.69 Å². The Labute approximate surface area is 96.3 Å². The number of nitrogens with one attached hydrogen (secondary N) is 1. The van der Waals surface area contributed by atoms with E-state index in [9.17, 15) is 9.59 Å². The number of aromatic nitrogens is 4. The van der Waals surface area contributed by atoms with Gasteiger partial charge in [-0.3, -0.25) is 18.5 Å². The molecule has 0 saturated heterocycles. The normalized spacial score (nSPS) is 18.4. The number of nitrogens with zero attached hydrogens (tertiary/aromatic N) is 4. The minimum Gasteiger partial charge on any atom is -0.353 e. The quantitative estimate of drug-likeness (QED) is 0.663. The van der Waals surface area contributed by atoms with Gasteiger partial charge in [0.2, 0.25) is 5.95 Å². The zero-order valence-electron chi connectivity index (χ0n) is 9.89. The number of fused-ring (bicyclic) bond motifs is 3. The minimum atomic E-state index is -0.355. The molecule has 0 amide bonds. The van der Waals surface area contributed by atoms with Crippen molar-refractivity contribution >= 4 is 17.1 Å². The van der Waals surface area contributed by atoms with Crippen LogP contribution in [0.4, 0.5) is 5.95 Å². The fourth-order valence-electron chi connectivity index (χ4n) is 2.30. The highest BCUT2D eigenvalue weighted by atomic mass is 16.2. The van der Waals surface area contributed by atoms with Crippen molar-refractivity contribution < 1.29 is 0 Å². The average molecular weight is 235 g/mol. The summed E-state index contributed by atoms with van der Waals surface area (Å²) < 4.78 is 4.37. The molecule has 0 saturated carbocycles. The largest absolute Gasteiger partial charge is 0.353 e. The van der Waals surface area contributed by atoms with E-state index in [4.69, 9.17) is 0 Å². The van der Waals surface area contributed by atoms with E-state index in [1.807, 2.05) is 11.5 Å². The zero-order valence-corrected chi connectivity index (χ0v) is 9.89. The van der Waals surface area contributed by atoms with Gasteiger partial charge in [0.25, 0.3) is 5.56 Å². The second-order valence-electron chi connectivity index (χ2n) is 4.41. The van der Waals surface area contributed by atoms with Crippen LogP contribution in [0.5, 0.6) is 0 Å². The van der Waals surface area contributed by atoms with Crippen LogP contribution in [0.25, 0.3) is 11.2 Å². The summed E-state index contributed by atoms with van der Waals surface area (Å²) >= 11 is 0. The summed E-state index contributed by atoms with van der Waals surface area (Å²) in [6.07, 6.45) is 0. The third-order valence-corrected chi connectivity index (χ3v) is 3.29. The molecule has 90 valence electrons. The molecule has 0 bridgehead atoms. The molecule has 3 heterocycles. The molecule has 1 atom stereocenters.